The van der Waals surface area contributed by atoms with E-state index in [9.17, 15) is 8.42 Å². The summed E-state index contributed by atoms with van der Waals surface area (Å²) in [7, 11) is -3.28. The molecule has 0 saturated carbocycles. The molecule has 0 aliphatic carbocycles. The van der Waals surface area contributed by atoms with Crippen LogP contribution in [0.15, 0.2) is 60.7 Å². The molecule has 0 aliphatic heterocycles. The molecular formula is C19H22O2S. The Hall–Kier alpha value is -1.87. The monoisotopic (exact) mass is 314 g/mol. The summed E-state index contributed by atoms with van der Waals surface area (Å²) in [5.74, 6) is 0.203. The molecule has 0 heterocycles. The quantitative estimate of drug-likeness (QED) is 0.544. The molecule has 2 nitrogen and oxygen atoms in total. The molecule has 0 unspecified atom stereocenters. The molecule has 2 aromatic rings. The van der Waals surface area contributed by atoms with Crippen LogP contribution in [-0.2, 0) is 9.84 Å². The third-order valence-electron chi connectivity index (χ3n) is 3.51. The van der Waals surface area contributed by atoms with Gasteiger partial charge < -0.3 is 0 Å². The fourth-order valence-electron chi connectivity index (χ4n) is 2.31. The zero-order chi connectivity index (χ0) is 15.8. The van der Waals surface area contributed by atoms with Crippen molar-refractivity contribution in [2.45, 2.75) is 26.2 Å². The Bertz CT molecular complexity index is 702. The van der Waals surface area contributed by atoms with Crippen LogP contribution >= 0.6 is 0 Å². The summed E-state index contributed by atoms with van der Waals surface area (Å²) in [6.45, 7) is 2.07. The van der Waals surface area contributed by atoms with Gasteiger partial charge in [-0.2, -0.15) is 0 Å². The van der Waals surface area contributed by atoms with Gasteiger partial charge in [-0.25, -0.2) is 8.42 Å². The van der Waals surface area contributed by atoms with E-state index in [1.807, 2.05) is 60.7 Å². The summed E-state index contributed by atoms with van der Waals surface area (Å²) < 4.78 is 25.5. The lowest BCUT2D eigenvalue weighted by Crippen LogP contribution is -2.08. The minimum Gasteiger partial charge on any atom is -0.224 e. The topological polar surface area (TPSA) is 34.1 Å². The summed E-state index contributed by atoms with van der Waals surface area (Å²) in [4.78, 5) is 0.412. The summed E-state index contributed by atoms with van der Waals surface area (Å²) in [5, 5.41) is 0. The van der Waals surface area contributed by atoms with Crippen LogP contribution in [0.25, 0.3) is 11.0 Å². The highest BCUT2D eigenvalue weighted by atomic mass is 32.2. The molecule has 0 aliphatic rings. The Morgan fingerprint density at radius 3 is 2.09 bits per heavy atom. The highest BCUT2D eigenvalue weighted by Gasteiger charge is 2.19. The second-order valence-corrected chi connectivity index (χ2v) is 7.39. The van der Waals surface area contributed by atoms with Crippen molar-refractivity contribution in [2.75, 3.05) is 5.75 Å². The van der Waals surface area contributed by atoms with Crippen LogP contribution in [-0.4, -0.2) is 14.2 Å². The minimum absolute atomic E-state index is 0.203. The molecule has 116 valence electrons. The van der Waals surface area contributed by atoms with Gasteiger partial charge >= 0.3 is 0 Å². The average Bonchev–Trinajstić information content (AvgIpc) is 2.54. The standard InChI is InChI=1S/C19H22O2S/c1-2-3-10-15-22(20,21)19(18-13-8-5-9-14-18)16-17-11-6-4-7-12-17/h4-9,11-14,16H,2-3,10,15H2,1H3. The van der Waals surface area contributed by atoms with Gasteiger partial charge in [-0.05, 0) is 23.6 Å². The summed E-state index contributed by atoms with van der Waals surface area (Å²) >= 11 is 0. The van der Waals surface area contributed by atoms with Gasteiger partial charge in [-0.15, -0.1) is 0 Å². The van der Waals surface area contributed by atoms with E-state index in [1.165, 1.54) is 0 Å². The number of hydrogen-bond acceptors (Lipinski definition) is 2. The molecule has 2 aromatic carbocycles. The van der Waals surface area contributed by atoms with Gasteiger partial charge in [-0.1, -0.05) is 80.4 Å². The first-order chi connectivity index (χ1) is 10.6. The van der Waals surface area contributed by atoms with Crippen LogP contribution in [0, 0.1) is 0 Å². The average molecular weight is 314 g/mol. The van der Waals surface area contributed by atoms with Crippen LogP contribution in [0.4, 0.5) is 0 Å². The molecule has 0 N–H and O–H groups in total. The molecule has 0 aromatic heterocycles. The molecule has 0 atom stereocenters. The summed E-state index contributed by atoms with van der Waals surface area (Å²) in [5.41, 5.74) is 1.66. The molecule has 22 heavy (non-hydrogen) atoms. The van der Waals surface area contributed by atoms with Crippen molar-refractivity contribution in [3.05, 3.63) is 71.8 Å². The van der Waals surface area contributed by atoms with Gasteiger partial charge in [0, 0.05) is 0 Å². The molecule has 0 saturated heterocycles. The zero-order valence-corrected chi connectivity index (χ0v) is 13.7. The van der Waals surface area contributed by atoms with Gasteiger partial charge in [-0.3, -0.25) is 0 Å². The lowest BCUT2D eigenvalue weighted by Gasteiger charge is -2.10. The predicted molar refractivity (Wildman–Crippen MR) is 94.1 cm³/mol. The van der Waals surface area contributed by atoms with Crippen LogP contribution in [0.3, 0.4) is 0 Å². The number of benzene rings is 2. The maximum Gasteiger partial charge on any atom is 0.178 e. The van der Waals surface area contributed by atoms with E-state index in [0.29, 0.717) is 11.3 Å². The smallest absolute Gasteiger partial charge is 0.178 e. The molecule has 2 rings (SSSR count). The first kappa shape index (κ1) is 16.5. The maximum atomic E-state index is 12.7. The molecule has 0 bridgehead atoms. The third-order valence-corrected chi connectivity index (χ3v) is 5.36. The Morgan fingerprint density at radius 2 is 1.50 bits per heavy atom. The minimum atomic E-state index is -3.28. The Balaban J connectivity index is 2.41. The second kappa shape index (κ2) is 7.95. The normalized spacial score (nSPS) is 12.3. The Morgan fingerprint density at radius 1 is 0.909 bits per heavy atom. The van der Waals surface area contributed by atoms with Crippen molar-refractivity contribution in [3.63, 3.8) is 0 Å². The molecule has 0 amide bonds. The van der Waals surface area contributed by atoms with Crippen LogP contribution in [0.5, 0.6) is 0 Å². The van der Waals surface area contributed by atoms with Gasteiger partial charge in [0.25, 0.3) is 0 Å². The molecule has 3 heteroatoms. The highest BCUT2D eigenvalue weighted by molar-refractivity contribution is 8.00. The van der Waals surface area contributed by atoms with Crippen molar-refractivity contribution in [1.29, 1.82) is 0 Å². The van der Waals surface area contributed by atoms with Gasteiger partial charge in [0.05, 0.1) is 10.7 Å². The van der Waals surface area contributed by atoms with Crippen molar-refractivity contribution in [2.24, 2.45) is 0 Å². The van der Waals surface area contributed by atoms with E-state index in [4.69, 9.17) is 0 Å². The molecule has 0 radical (unpaired) electrons. The van der Waals surface area contributed by atoms with Gasteiger partial charge in [0.1, 0.15) is 0 Å². The maximum absolute atomic E-state index is 12.7. The van der Waals surface area contributed by atoms with Crippen molar-refractivity contribution < 1.29 is 8.42 Å². The lowest BCUT2D eigenvalue weighted by atomic mass is 10.1. The Labute approximate surface area is 133 Å². The van der Waals surface area contributed by atoms with Crippen LogP contribution < -0.4 is 0 Å². The van der Waals surface area contributed by atoms with E-state index < -0.39 is 9.84 Å². The fourth-order valence-corrected chi connectivity index (χ4v) is 3.92. The number of hydrogen-bond donors (Lipinski definition) is 0. The molecule has 0 fully saturated rings. The van der Waals surface area contributed by atoms with Crippen LogP contribution in [0.2, 0.25) is 0 Å². The van der Waals surface area contributed by atoms with E-state index in [2.05, 4.69) is 6.92 Å². The second-order valence-electron chi connectivity index (χ2n) is 5.31. The van der Waals surface area contributed by atoms with Crippen molar-refractivity contribution in [1.82, 2.24) is 0 Å². The van der Waals surface area contributed by atoms with Crippen molar-refractivity contribution >= 4 is 20.8 Å². The van der Waals surface area contributed by atoms with E-state index >= 15 is 0 Å². The van der Waals surface area contributed by atoms with Gasteiger partial charge in [0.15, 0.2) is 9.84 Å². The SMILES string of the molecule is CCCCCS(=O)(=O)C(=Cc1ccccc1)c1ccccc1. The number of unbranched alkanes of at least 4 members (excludes halogenated alkanes) is 2. The summed E-state index contributed by atoms with van der Waals surface area (Å²) in [6.07, 6.45) is 4.43. The molecule has 0 spiro atoms. The van der Waals surface area contributed by atoms with E-state index in [0.717, 1.165) is 24.0 Å². The highest BCUT2D eigenvalue weighted by Crippen LogP contribution is 2.25. The Kier molecular flexibility index (Phi) is 5.96. The van der Waals surface area contributed by atoms with Crippen molar-refractivity contribution in [3.8, 4) is 0 Å². The summed E-state index contributed by atoms with van der Waals surface area (Å²) in [6, 6.07) is 18.9. The predicted octanol–water partition coefficient (Wildman–Crippen LogP) is 4.79. The number of rotatable bonds is 7. The van der Waals surface area contributed by atoms with E-state index in [-0.39, 0.29) is 5.75 Å². The largest absolute Gasteiger partial charge is 0.224 e. The van der Waals surface area contributed by atoms with Gasteiger partial charge in [0.2, 0.25) is 0 Å². The lowest BCUT2D eigenvalue weighted by molar-refractivity contribution is 0.601. The molecular weight excluding hydrogens is 292 g/mol. The first-order valence-corrected chi connectivity index (χ1v) is 9.33. The fraction of sp³-hybridized carbons (Fsp3) is 0.263. The van der Waals surface area contributed by atoms with E-state index in [1.54, 1.807) is 6.08 Å². The zero-order valence-electron chi connectivity index (χ0n) is 12.9. The van der Waals surface area contributed by atoms with Crippen LogP contribution in [0.1, 0.15) is 37.3 Å². The third kappa shape index (κ3) is 4.57. The number of sulfone groups is 1. The first-order valence-electron chi connectivity index (χ1n) is 7.68.